The molecule has 0 saturated carbocycles. The van der Waals surface area contributed by atoms with Gasteiger partial charge in [0, 0.05) is 26.6 Å². The second-order valence-corrected chi connectivity index (χ2v) is 10.4. The van der Waals surface area contributed by atoms with Crippen molar-refractivity contribution in [2.45, 2.75) is 44.9 Å². The standard InChI is InChI=1S/C28H35N5O4.ClH/c1-27(2,29)25(35)30-22(18-37-17-21-12-8-5-9-13-21)24(34)33-15-14-23-28(19-33,26(36)32(3)31-23)16-20-10-6-4-7-11-20;/h4-13,22H,14-19,29H2,1-3H3,(H,30,35);1H. The summed E-state index contributed by atoms with van der Waals surface area (Å²) in [5.41, 5.74) is 6.63. The lowest BCUT2D eigenvalue weighted by molar-refractivity contribution is -0.143. The third-order valence-electron chi connectivity index (χ3n) is 6.85. The van der Waals surface area contributed by atoms with E-state index in [1.54, 1.807) is 25.8 Å². The first kappa shape index (κ1) is 29.3. The van der Waals surface area contributed by atoms with Crippen LogP contribution in [0.15, 0.2) is 65.8 Å². The van der Waals surface area contributed by atoms with E-state index in [0.717, 1.165) is 16.8 Å². The number of nitrogens with zero attached hydrogens (tertiary/aromatic N) is 3. The molecule has 0 bridgehead atoms. The lowest BCUT2D eigenvalue weighted by atomic mass is 9.73. The number of piperidine rings is 1. The van der Waals surface area contributed by atoms with Crippen LogP contribution in [-0.2, 0) is 32.1 Å². The number of nitrogens with two attached hydrogens (primary N) is 1. The number of halogens is 1. The zero-order chi connectivity index (χ0) is 26.6. The zero-order valence-electron chi connectivity index (χ0n) is 22.1. The lowest BCUT2D eigenvalue weighted by Crippen LogP contribution is -2.61. The summed E-state index contributed by atoms with van der Waals surface area (Å²) in [6.45, 7) is 4.02. The predicted octanol–water partition coefficient (Wildman–Crippen LogP) is 2.14. The molecule has 0 radical (unpaired) electrons. The fourth-order valence-corrected chi connectivity index (χ4v) is 4.82. The summed E-state index contributed by atoms with van der Waals surface area (Å²) in [5.74, 6) is -0.892. The Kier molecular flexibility index (Phi) is 9.30. The van der Waals surface area contributed by atoms with Crippen molar-refractivity contribution in [1.82, 2.24) is 15.2 Å². The van der Waals surface area contributed by atoms with E-state index in [1.807, 2.05) is 60.7 Å². The third kappa shape index (κ3) is 6.40. The summed E-state index contributed by atoms with van der Waals surface area (Å²) in [6, 6.07) is 18.4. The molecule has 9 nitrogen and oxygen atoms in total. The number of carbonyl (C=O) groups is 3. The molecular weight excluding hydrogens is 506 g/mol. The first-order valence-corrected chi connectivity index (χ1v) is 12.5. The highest BCUT2D eigenvalue weighted by Gasteiger charge is 2.54. The van der Waals surface area contributed by atoms with Gasteiger partial charge in [-0.3, -0.25) is 14.4 Å². The highest BCUT2D eigenvalue weighted by molar-refractivity contribution is 6.13. The van der Waals surface area contributed by atoms with Crippen LogP contribution >= 0.6 is 12.4 Å². The van der Waals surface area contributed by atoms with Gasteiger partial charge in [-0.15, -0.1) is 12.4 Å². The Balaban J connectivity index is 0.00000400. The maximum Gasteiger partial charge on any atom is 0.256 e. The number of hydrazone groups is 1. The number of hydrogen-bond donors (Lipinski definition) is 2. The van der Waals surface area contributed by atoms with Crippen molar-refractivity contribution in [3.63, 3.8) is 0 Å². The summed E-state index contributed by atoms with van der Waals surface area (Å²) >= 11 is 0. The van der Waals surface area contributed by atoms with Gasteiger partial charge in [0.2, 0.25) is 11.8 Å². The number of carbonyl (C=O) groups excluding carboxylic acids is 3. The SMILES string of the molecule is CN1N=C2CCN(C(=O)C(COCc3ccccc3)NC(=O)C(C)(C)N)CC2(Cc2ccccc2)C1=O.Cl. The summed E-state index contributed by atoms with van der Waals surface area (Å²) < 4.78 is 5.85. The lowest BCUT2D eigenvalue weighted by Gasteiger charge is -2.40. The van der Waals surface area contributed by atoms with Crippen LogP contribution < -0.4 is 11.1 Å². The maximum absolute atomic E-state index is 13.8. The molecule has 0 spiro atoms. The number of benzene rings is 2. The molecule has 0 aromatic heterocycles. The Morgan fingerprint density at radius 3 is 2.32 bits per heavy atom. The van der Waals surface area contributed by atoms with E-state index in [4.69, 9.17) is 10.5 Å². The fraction of sp³-hybridized carbons (Fsp3) is 0.429. The van der Waals surface area contributed by atoms with Crippen LogP contribution in [0.25, 0.3) is 0 Å². The van der Waals surface area contributed by atoms with Gasteiger partial charge < -0.3 is 20.7 Å². The van der Waals surface area contributed by atoms with Crippen molar-refractivity contribution >= 4 is 35.8 Å². The molecule has 2 atom stereocenters. The van der Waals surface area contributed by atoms with Gasteiger partial charge in [0.25, 0.3) is 5.91 Å². The summed E-state index contributed by atoms with van der Waals surface area (Å²) in [5, 5.41) is 8.67. The van der Waals surface area contributed by atoms with E-state index < -0.39 is 22.9 Å². The molecule has 3 amide bonds. The van der Waals surface area contributed by atoms with Crippen LogP contribution in [0.1, 0.15) is 31.4 Å². The Labute approximate surface area is 229 Å². The molecule has 2 aromatic rings. The van der Waals surface area contributed by atoms with Gasteiger partial charge in [0.1, 0.15) is 11.5 Å². The molecule has 4 rings (SSSR count). The summed E-state index contributed by atoms with van der Waals surface area (Å²) in [4.78, 5) is 41.6. The highest BCUT2D eigenvalue weighted by Crippen LogP contribution is 2.38. The molecule has 10 heteroatoms. The molecule has 0 aliphatic carbocycles. The molecule has 1 fully saturated rings. The van der Waals surface area contributed by atoms with E-state index in [2.05, 4.69) is 10.4 Å². The molecule has 2 aliphatic rings. The van der Waals surface area contributed by atoms with Crippen LogP contribution in [-0.4, -0.2) is 71.7 Å². The quantitative estimate of drug-likeness (QED) is 0.504. The van der Waals surface area contributed by atoms with E-state index >= 15 is 0 Å². The van der Waals surface area contributed by atoms with Gasteiger partial charge in [-0.05, 0) is 31.4 Å². The van der Waals surface area contributed by atoms with Crippen molar-refractivity contribution in [2.24, 2.45) is 16.3 Å². The molecule has 2 unspecified atom stereocenters. The van der Waals surface area contributed by atoms with Gasteiger partial charge in [-0.25, -0.2) is 5.01 Å². The van der Waals surface area contributed by atoms with Crippen molar-refractivity contribution in [3.8, 4) is 0 Å². The monoisotopic (exact) mass is 541 g/mol. The Morgan fingerprint density at radius 2 is 1.71 bits per heavy atom. The average molecular weight is 542 g/mol. The molecule has 38 heavy (non-hydrogen) atoms. The second-order valence-electron chi connectivity index (χ2n) is 10.4. The average Bonchev–Trinajstić information content (AvgIpc) is 3.12. The van der Waals surface area contributed by atoms with Gasteiger partial charge in [0.15, 0.2) is 0 Å². The van der Waals surface area contributed by atoms with E-state index in [9.17, 15) is 14.4 Å². The van der Waals surface area contributed by atoms with Crippen molar-refractivity contribution in [2.75, 3.05) is 26.7 Å². The summed E-state index contributed by atoms with van der Waals surface area (Å²) in [7, 11) is 1.65. The van der Waals surface area contributed by atoms with Crippen molar-refractivity contribution in [3.05, 3.63) is 71.8 Å². The minimum Gasteiger partial charge on any atom is -0.374 e. The minimum absolute atomic E-state index is 0. The molecular formula is C28H36ClN5O4. The predicted molar refractivity (Wildman–Crippen MR) is 148 cm³/mol. The van der Waals surface area contributed by atoms with Crippen LogP contribution in [0, 0.1) is 5.41 Å². The normalized spacial score (nSPS) is 19.8. The number of ether oxygens (including phenoxy) is 1. The number of nitrogens with one attached hydrogen (secondary N) is 1. The first-order chi connectivity index (χ1) is 17.6. The van der Waals surface area contributed by atoms with Crippen molar-refractivity contribution < 1.29 is 19.1 Å². The van der Waals surface area contributed by atoms with Crippen LogP contribution in [0.2, 0.25) is 0 Å². The van der Waals surface area contributed by atoms with Gasteiger partial charge in [-0.2, -0.15) is 5.10 Å². The molecule has 2 aromatic carbocycles. The third-order valence-corrected chi connectivity index (χ3v) is 6.85. The van der Waals surface area contributed by atoms with Gasteiger partial charge in [0.05, 0.1) is 24.5 Å². The van der Waals surface area contributed by atoms with Crippen LogP contribution in [0.3, 0.4) is 0 Å². The number of rotatable bonds is 9. The van der Waals surface area contributed by atoms with E-state index in [-0.39, 0.29) is 37.4 Å². The highest BCUT2D eigenvalue weighted by atomic mass is 35.5. The van der Waals surface area contributed by atoms with Gasteiger partial charge >= 0.3 is 0 Å². The van der Waals surface area contributed by atoms with Crippen molar-refractivity contribution in [1.29, 1.82) is 0 Å². The van der Waals surface area contributed by atoms with E-state index in [1.165, 1.54) is 5.01 Å². The largest absolute Gasteiger partial charge is 0.374 e. The Morgan fingerprint density at radius 1 is 1.11 bits per heavy atom. The number of fused-ring (bicyclic) bond motifs is 1. The van der Waals surface area contributed by atoms with Crippen LogP contribution in [0.4, 0.5) is 0 Å². The zero-order valence-corrected chi connectivity index (χ0v) is 22.9. The van der Waals surface area contributed by atoms with E-state index in [0.29, 0.717) is 26.0 Å². The molecule has 2 aliphatic heterocycles. The fourth-order valence-electron chi connectivity index (χ4n) is 4.82. The second kappa shape index (κ2) is 12.1. The van der Waals surface area contributed by atoms with Gasteiger partial charge in [-0.1, -0.05) is 60.7 Å². The maximum atomic E-state index is 13.8. The summed E-state index contributed by atoms with van der Waals surface area (Å²) in [6.07, 6.45) is 0.916. The molecule has 1 saturated heterocycles. The molecule has 3 N–H and O–H groups in total. The van der Waals surface area contributed by atoms with Crippen LogP contribution in [0.5, 0.6) is 0 Å². The number of likely N-dealkylation sites (tertiary alicyclic amines) is 1. The minimum atomic E-state index is -1.17. The Hall–Kier alpha value is -3.27. The molecule has 204 valence electrons. The number of amides is 3. The topological polar surface area (TPSA) is 117 Å². The smallest absolute Gasteiger partial charge is 0.256 e. The number of hydrogen-bond acceptors (Lipinski definition) is 6. The Bertz CT molecular complexity index is 1170. The first-order valence-electron chi connectivity index (χ1n) is 12.5. The molecule has 2 heterocycles.